The maximum atomic E-state index is 4.38. The van der Waals surface area contributed by atoms with E-state index in [4.69, 9.17) is 0 Å². The van der Waals surface area contributed by atoms with Crippen molar-refractivity contribution in [1.82, 2.24) is 15.0 Å². The van der Waals surface area contributed by atoms with Gasteiger partial charge in [0.1, 0.15) is 11.6 Å². The van der Waals surface area contributed by atoms with Crippen LogP contribution >= 0.6 is 0 Å². The molecule has 0 spiro atoms. The fourth-order valence-corrected chi connectivity index (χ4v) is 1.70. The molecule has 2 heterocycles. The molecule has 5 nitrogen and oxygen atoms in total. The minimum atomic E-state index is 0.659. The maximum absolute atomic E-state index is 4.38. The fraction of sp³-hybridized carbons (Fsp3) is 0.308. The van der Waals surface area contributed by atoms with Gasteiger partial charge in [-0.2, -0.15) is 0 Å². The van der Waals surface area contributed by atoms with Gasteiger partial charge < -0.3 is 10.6 Å². The van der Waals surface area contributed by atoms with Gasteiger partial charge >= 0.3 is 0 Å². The van der Waals surface area contributed by atoms with E-state index in [2.05, 4.69) is 38.6 Å². The second-order valence-electron chi connectivity index (χ2n) is 3.86. The van der Waals surface area contributed by atoms with Gasteiger partial charge in [-0.3, -0.25) is 9.97 Å². The second kappa shape index (κ2) is 5.95. The number of aromatic nitrogens is 3. The molecule has 0 aliphatic carbocycles. The molecular weight excluding hydrogens is 226 g/mol. The highest BCUT2D eigenvalue weighted by Gasteiger charge is 2.02. The summed E-state index contributed by atoms with van der Waals surface area (Å²) in [6.07, 6.45) is 6.18. The molecule has 18 heavy (non-hydrogen) atoms. The molecule has 94 valence electrons. The molecule has 0 aliphatic heterocycles. The Morgan fingerprint density at radius 3 is 2.83 bits per heavy atom. The van der Waals surface area contributed by atoms with E-state index in [1.54, 1.807) is 12.4 Å². The Bertz CT molecular complexity index is 512. The summed E-state index contributed by atoms with van der Waals surface area (Å²) in [7, 11) is 1.82. The van der Waals surface area contributed by atoms with Gasteiger partial charge in [-0.15, -0.1) is 0 Å². The van der Waals surface area contributed by atoms with Gasteiger partial charge in [0, 0.05) is 13.2 Å². The third-order valence-electron chi connectivity index (χ3n) is 2.69. The molecule has 0 fully saturated rings. The van der Waals surface area contributed by atoms with Crippen LogP contribution in [0.1, 0.15) is 18.2 Å². The zero-order valence-electron chi connectivity index (χ0n) is 10.6. The van der Waals surface area contributed by atoms with Crippen LogP contribution in [0.3, 0.4) is 0 Å². The number of rotatable bonds is 5. The van der Waals surface area contributed by atoms with Crippen LogP contribution in [-0.2, 0) is 13.0 Å². The van der Waals surface area contributed by atoms with Crippen LogP contribution in [0.25, 0.3) is 0 Å². The molecule has 0 amide bonds. The third-order valence-corrected chi connectivity index (χ3v) is 2.69. The van der Waals surface area contributed by atoms with Crippen LogP contribution in [-0.4, -0.2) is 22.0 Å². The summed E-state index contributed by atoms with van der Waals surface area (Å²) < 4.78 is 0. The highest BCUT2D eigenvalue weighted by atomic mass is 15.1. The van der Waals surface area contributed by atoms with Gasteiger partial charge in [0.15, 0.2) is 0 Å². The van der Waals surface area contributed by atoms with Crippen molar-refractivity contribution in [3.05, 3.63) is 42.0 Å². The number of hydrogen-bond acceptors (Lipinski definition) is 5. The predicted octanol–water partition coefficient (Wildman–Crippen LogP) is 2.09. The van der Waals surface area contributed by atoms with Gasteiger partial charge in [-0.1, -0.05) is 13.0 Å². The third kappa shape index (κ3) is 2.94. The Balaban J connectivity index is 2.06. The summed E-state index contributed by atoms with van der Waals surface area (Å²) in [5.41, 5.74) is 2.30. The lowest BCUT2D eigenvalue weighted by molar-refractivity contribution is 0.961. The predicted molar refractivity (Wildman–Crippen MR) is 72.5 cm³/mol. The van der Waals surface area contributed by atoms with Crippen molar-refractivity contribution < 1.29 is 0 Å². The molecule has 2 N–H and O–H groups in total. The molecule has 0 bridgehead atoms. The number of pyridine rings is 1. The first-order chi connectivity index (χ1) is 8.83. The summed E-state index contributed by atoms with van der Waals surface area (Å²) in [4.78, 5) is 12.8. The fourth-order valence-electron chi connectivity index (χ4n) is 1.70. The van der Waals surface area contributed by atoms with Crippen molar-refractivity contribution in [2.75, 3.05) is 17.7 Å². The maximum Gasteiger partial charge on any atom is 0.147 e. The average molecular weight is 243 g/mol. The highest BCUT2D eigenvalue weighted by Crippen LogP contribution is 2.10. The number of aryl methyl sites for hydroxylation is 1. The molecule has 0 unspecified atom stereocenters. The van der Waals surface area contributed by atoms with Crippen molar-refractivity contribution >= 4 is 11.6 Å². The Labute approximate surface area is 107 Å². The Kier molecular flexibility index (Phi) is 4.06. The van der Waals surface area contributed by atoms with E-state index in [1.165, 1.54) is 5.56 Å². The van der Waals surface area contributed by atoms with E-state index in [9.17, 15) is 0 Å². The summed E-state index contributed by atoms with van der Waals surface area (Å²) in [6.45, 7) is 2.79. The van der Waals surface area contributed by atoms with Crippen LogP contribution in [0.2, 0.25) is 0 Å². The van der Waals surface area contributed by atoms with Gasteiger partial charge in [-0.25, -0.2) is 4.98 Å². The summed E-state index contributed by atoms with van der Waals surface area (Å²) in [5.74, 6) is 1.49. The van der Waals surface area contributed by atoms with Crippen molar-refractivity contribution in [2.45, 2.75) is 19.9 Å². The Morgan fingerprint density at radius 2 is 2.06 bits per heavy atom. The topological polar surface area (TPSA) is 62.7 Å². The SMILES string of the molecule is CCc1cccnc1CNc1cncc(NC)n1. The summed E-state index contributed by atoms with van der Waals surface area (Å²) in [5, 5.41) is 6.19. The average Bonchev–Trinajstić information content (AvgIpc) is 2.45. The van der Waals surface area contributed by atoms with Gasteiger partial charge in [0.2, 0.25) is 0 Å². The first-order valence-electron chi connectivity index (χ1n) is 6.00. The van der Waals surface area contributed by atoms with E-state index in [0.29, 0.717) is 6.54 Å². The summed E-state index contributed by atoms with van der Waals surface area (Å²) in [6, 6.07) is 4.06. The first-order valence-corrected chi connectivity index (χ1v) is 6.00. The standard InChI is InChI=1S/C13H17N5/c1-3-10-5-4-6-16-11(10)7-17-13-9-15-8-12(14-2)18-13/h4-6,8-9H,3,7H2,1-2H3,(H2,14,17,18). The first kappa shape index (κ1) is 12.3. The molecule has 2 rings (SSSR count). The van der Waals surface area contributed by atoms with Crippen molar-refractivity contribution in [3.63, 3.8) is 0 Å². The van der Waals surface area contributed by atoms with E-state index in [-0.39, 0.29) is 0 Å². The summed E-state index contributed by atoms with van der Waals surface area (Å²) >= 11 is 0. The van der Waals surface area contributed by atoms with Gasteiger partial charge in [0.25, 0.3) is 0 Å². The van der Waals surface area contributed by atoms with E-state index < -0.39 is 0 Å². The molecule has 2 aromatic heterocycles. The lowest BCUT2D eigenvalue weighted by atomic mass is 10.1. The van der Waals surface area contributed by atoms with Gasteiger partial charge in [0.05, 0.1) is 24.6 Å². The number of nitrogens with one attached hydrogen (secondary N) is 2. The smallest absolute Gasteiger partial charge is 0.147 e. The molecule has 2 aromatic rings. The number of anilines is 2. The van der Waals surface area contributed by atoms with Crippen molar-refractivity contribution in [2.24, 2.45) is 0 Å². The molecule has 0 saturated heterocycles. The van der Waals surface area contributed by atoms with Crippen LogP contribution < -0.4 is 10.6 Å². The number of nitrogens with zero attached hydrogens (tertiary/aromatic N) is 3. The highest BCUT2D eigenvalue weighted by molar-refractivity contribution is 5.41. The van der Waals surface area contributed by atoms with Crippen molar-refractivity contribution in [3.8, 4) is 0 Å². The van der Waals surface area contributed by atoms with E-state index in [0.717, 1.165) is 23.8 Å². The second-order valence-corrected chi connectivity index (χ2v) is 3.86. The Morgan fingerprint density at radius 1 is 1.22 bits per heavy atom. The minimum Gasteiger partial charge on any atom is -0.372 e. The lowest BCUT2D eigenvalue weighted by Crippen LogP contribution is -2.07. The zero-order valence-corrected chi connectivity index (χ0v) is 10.6. The zero-order chi connectivity index (χ0) is 12.8. The molecular formula is C13H17N5. The van der Waals surface area contributed by atoms with Crippen LogP contribution in [0.5, 0.6) is 0 Å². The van der Waals surface area contributed by atoms with Crippen molar-refractivity contribution in [1.29, 1.82) is 0 Å². The number of hydrogen-bond donors (Lipinski definition) is 2. The molecule has 0 atom stereocenters. The molecule has 5 heteroatoms. The van der Waals surface area contributed by atoms with Gasteiger partial charge in [-0.05, 0) is 18.1 Å². The van der Waals surface area contributed by atoms with Crippen LogP contribution in [0, 0.1) is 0 Å². The molecule has 0 radical (unpaired) electrons. The largest absolute Gasteiger partial charge is 0.372 e. The molecule has 0 aromatic carbocycles. The molecule has 0 aliphatic rings. The molecule has 0 saturated carbocycles. The normalized spacial score (nSPS) is 10.1. The lowest BCUT2D eigenvalue weighted by Gasteiger charge is -2.09. The quantitative estimate of drug-likeness (QED) is 0.842. The minimum absolute atomic E-state index is 0.659. The van der Waals surface area contributed by atoms with E-state index >= 15 is 0 Å². The van der Waals surface area contributed by atoms with Crippen LogP contribution in [0.4, 0.5) is 11.6 Å². The van der Waals surface area contributed by atoms with E-state index in [1.807, 2.05) is 19.3 Å². The monoisotopic (exact) mass is 243 g/mol. The van der Waals surface area contributed by atoms with Crippen LogP contribution in [0.15, 0.2) is 30.7 Å². The Hall–Kier alpha value is -2.17.